The number of carbonyl (C=O) groups excluding carboxylic acids is 1. The van der Waals surface area contributed by atoms with Crippen LogP contribution in [0.15, 0.2) is 24.3 Å². The molecular weight excluding hydrogens is 202 g/mol. The summed E-state index contributed by atoms with van der Waals surface area (Å²) in [6.07, 6.45) is 0. The minimum atomic E-state index is -0.169. The van der Waals surface area contributed by atoms with Crippen molar-refractivity contribution in [3.8, 4) is 0 Å². The molecule has 0 fully saturated rings. The molecule has 0 aromatic heterocycles. The fourth-order valence-electron chi connectivity index (χ4n) is 1.49. The van der Waals surface area contributed by atoms with Gasteiger partial charge in [0, 0.05) is 6.54 Å². The number of aryl methyl sites for hydroxylation is 1. The predicted molar refractivity (Wildman–Crippen MR) is 64.1 cm³/mol. The Hall–Kier alpha value is -1.35. The van der Waals surface area contributed by atoms with Gasteiger partial charge in [-0.1, -0.05) is 29.8 Å². The largest absolute Gasteiger partial charge is 0.465 e. The molecule has 3 nitrogen and oxygen atoms in total. The molecule has 0 aliphatic rings. The van der Waals surface area contributed by atoms with Crippen LogP contribution in [0, 0.1) is 6.92 Å². The summed E-state index contributed by atoms with van der Waals surface area (Å²) in [4.78, 5) is 13.2. The average molecular weight is 221 g/mol. The van der Waals surface area contributed by atoms with E-state index < -0.39 is 0 Å². The SMILES string of the molecule is CCOC(=O)CN(C)Cc1ccc(C)cc1. The van der Waals surface area contributed by atoms with Gasteiger partial charge in [-0.2, -0.15) is 0 Å². The second-order valence-electron chi connectivity index (χ2n) is 3.96. The summed E-state index contributed by atoms with van der Waals surface area (Å²) in [5.74, 6) is -0.169. The molecule has 0 unspecified atom stereocenters. The maximum absolute atomic E-state index is 11.2. The second-order valence-corrected chi connectivity index (χ2v) is 3.96. The van der Waals surface area contributed by atoms with E-state index in [9.17, 15) is 4.79 Å². The lowest BCUT2D eigenvalue weighted by molar-refractivity contribution is -0.144. The van der Waals surface area contributed by atoms with Gasteiger partial charge in [-0.05, 0) is 26.5 Å². The Morgan fingerprint density at radius 1 is 1.31 bits per heavy atom. The zero-order valence-electron chi connectivity index (χ0n) is 10.2. The normalized spacial score (nSPS) is 10.5. The molecule has 1 aromatic rings. The van der Waals surface area contributed by atoms with Crippen LogP contribution in [0.3, 0.4) is 0 Å². The van der Waals surface area contributed by atoms with Gasteiger partial charge in [0.25, 0.3) is 0 Å². The number of benzene rings is 1. The number of esters is 1. The summed E-state index contributed by atoms with van der Waals surface area (Å²) in [6, 6.07) is 8.31. The first-order valence-corrected chi connectivity index (χ1v) is 5.51. The summed E-state index contributed by atoms with van der Waals surface area (Å²) in [5, 5.41) is 0. The van der Waals surface area contributed by atoms with Crippen LogP contribution in [0.1, 0.15) is 18.1 Å². The average Bonchev–Trinajstić information content (AvgIpc) is 2.21. The highest BCUT2D eigenvalue weighted by molar-refractivity contribution is 5.71. The molecule has 88 valence electrons. The van der Waals surface area contributed by atoms with Crippen molar-refractivity contribution in [1.82, 2.24) is 4.90 Å². The number of hydrogen-bond acceptors (Lipinski definition) is 3. The van der Waals surface area contributed by atoms with Gasteiger partial charge in [-0.25, -0.2) is 0 Å². The minimum Gasteiger partial charge on any atom is -0.465 e. The lowest BCUT2D eigenvalue weighted by atomic mass is 10.1. The van der Waals surface area contributed by atoms with Crippen LogP contribution in [0.2, 0.25) is 0 Å². The predicted octanol–water partition coefficient (Wildman–Crippen LogP) is 1.99. The molecule has 0 aliphatic carbocycles. The fraction of sp³-hybridized carbons (Fsp3) is 0.462. The fourth-order valence-corrected chi connectivity index (χ4v) is 1.49. The van der Waals surface area contributed by atoms with Crippen LogP contribution >= 0.6 is 0 Å². The first kappa shape index (κ1) is 12.7. The Morgan fingerprint density at radius 2 is 1.94 bits per heavy atom. The van der Waals surface area contributed by atoms with Crippen LogP contribution in [0.5, 0.6) is 0 Å². The highest BCUT2D eigenvalue weighted by Gasteiger charge is 2.07. The summed E-state index contributed by atoms with van der Waals surface area (Å²) in [5.41, 5.74) is 2.45. The number of nitrogens with zero attached hydrogens (tertiary/aromatic N) is 1. The van der Waals surface area contributed by atoms with Gasteiger partial charge in [-0.15, -0.1) is 0 Å². The molecule has 16 heavy (non-hydrogen) atoms. The van der Waals surface area contributed by atoms with Crippen LogP contribution in [0.4, 0.5) is 0 Å². The molecule has 0 radical (unpaired) electrons. The maximum Gasteiger partial charge on any atom is 0.320 e. The Labute approximate surface area is 97.0 Å². The smallest absolute Gasteiger partial charge is 0.320 e. The number of likely N-dealkylation sites (N-methyl/N-ethyl adjacent to an activating group) is 1. The van der Waals surface area contributed by atoms with E-state index in [0.717, 1.165) is 6.54 Å². The highest BCUT2D eigenvalue weighted by Crippen LogP contribution is 2.05. The minimum absolute atomic E-state index is 0.169. The highest BCUT2D eigenvalue weighted by atomic mass is 16.5. The molecule has 1 rings (SSSR count). The summed E-state index contributed by atoms with van der Waals surface area (Å²) in [6.45, 7) is 5.42. The first-order chi connectivity index (χ1) is 7.61. The number of carbonyl (C=O) groups is 1. The van der Waals surface area contributed by atoms with Gasteiger partial charge in [-0.3, -0.25) is 9.69 Å². The number of ether oxygens (including phenoxy) is 1. The van der Waals surface area contributed by atoms with E-state index >= 15 is 0 Å². The topological polar surface area (TPSA) is 29.5 Å². The van der Waals surface area contributed by atoms with Gasteiger partial charge >= 0.3 is 5.97 Å². The Morgan fingerprint density at radius 3 is 2.50 bits per heavy atom. The molecule has 0 amide bonds. The van der Waals surface area contributed by atoms with E-state index in [0.29, 0.717) is 13.2 Å². The third-order valence-electron chi connectivity index (χ3n) is 2.28. The molecule has 3 heteroatoms. The van der Waals surface area contributed by atoms with Gasteiger partial charge in [0.1, 0.15) is 0 Å². The Bertz CT molecular complexity index is 332. The van der Waals surface area contributed by atoms with Crippen LogP contribution in [-0.4, -0.2) is 31.1 Å². The van der Waals surface area contributed by atoms with Gasteiger partial charge in [0.15, 0.2) is 0 Å². The lowest BCUT2D eigenvalue weighted by Crippen LogP contribution is -2.26. The van der Waals surface area contributed by atoms with Crippen LogP contribution in [0.25, 0.3) is 0 Å². The van der Waals surface area contributed by atoms with E-state index in [-0.39, 0.29) is 5.97 Å². The summed E-state index contributed by atoms with van der Waals surface area (Å²) >= 11 is 0. The van der Waals surface area contributed by atoms with Crippen molar-refractivity contribution in [2.24, 2.45) is 0 Å². The van der Waals surface area contributed by atoms with E-state index in [1.54, 1.807) is 0 Å². The molecule has 1 aromatic carbocycles. The van der Waals surface area contributed by atoms with Crippen molar-refractivity contribution < 1.29 is 9.53 Å². The number of hydrogen-bond donors (Lipinski definition) is 0. The lowest BCUT2D eigenvalue weighted by Gasteiger charge is -2.15. The standard InChI is InChI=1S/C13H19NO2/c1-4-16-13(15)10-14(3)9-12-7-5-11(2)6-8-12/h5-8H,4,9-10H2,1-3H3. The molecule has 0 aliphatic heterocycles. The van der Waals surface area contributed by atoms with Crippen molar-refractivity contribution in [2.45, 2.75) is 20.4 Å². The van der Waals surface area contributed by atoms with Gasteiger partial charge in [0.2, 0.25) is 0 Å². The molecule has 0 bridgehead atoms. The van der Waals surface area contributed by atoms with Gasteiger partial charge < -0.3 is 4.74 Å². The maximum atomic E-state index is 11.2. The van der Waals surface area contributed by atoms with Crippen LogP contribution in [-0.2, 0) is 16.1 Å². The third-order valence-corrected chi connectivity index (χ3v) is 2.28. The monoisotopic (exact) mass is 221 g/mol. The number of rotatable bonds is 5. The van der Waals surface area contributed by atoms with Crippen molar-refractivity contribution in [3.63, 3.8) is 0 Å². The molecule has 0 spiro atoms. The second kappa shape index (κ2) is 6.28. The molecule has 0 N–H and O–H groups in total. The zero-order valence-corrected chi connectivity index (χ0v) is 10.2. The summed E-state index contributed by atoms with van der Waals surface area (Å²) < 4.78 is 4.89. The summed E-state index contributed by atoms with van der Waals surface area (Å²) in [7, 11) is 1.91. The van der Waals surface area contributed by atoms with Gasteiger partial charge in [0.05, 0.1) is 13.2 Å². The molecular formula is C13H19NO2. The van der Waals surface area contributed by atoms with Crippen molar-refractivity contribution in [3.05, 3.63) is 35.4 Å². The zero-order chi connectivity index (χ0) is 12.0. The molecule has 0 saturated carbocycles. The van der Waals surface area contributed by atoms with Crippen LogP contribution < -0.4 is 0 Å². The quantitative estimate of drug-likeness (QED) is 0.712. The molecule has 0 atom stereocenters. The molecule has 0 heterocycles. The van der Waals surface area contributed by atoms with Crippen molar-refractivity contribution in [1.29, 1.82) is 0 Å². The van der Waals surface area contributed by atoms with E-state index in [1.807, 2.05) is 18.9 Å². The Balaban J connectivity index is 2.42. The van der Waals surface area contributed by atoms with Crippen molar-refractivity contribution >= 4 is 5.97 Å². The first-order valence-electron chi connectivity index (χ1n) is 5.51. The molecule has 0 saturated heterocycles. The third kappa shape index (κ3) is 4.45. The van der Waals surface area contributed by atoms with E-state index in [1.165, 1.54) is 11.1 Å². The van der Waals surface area contributed by atoms with E-state index in [2.05, 4.69) is 31.2 Å². The van der Waals surface area contributed by atoms with E-state index in [4.69, 9.17) is 4.74 Å². The van der Waals surface area contributed by atoms with Crippen molar-refractivity contribution in [2.75, 3.05) is 20.2 Å². The Kier molecular flexibility index (Phi) is 4.99.